The first-order valence-electron chi connectivity index (χ1n) is 9.08. The number of aromatic nitrogens is 2. The van der Waals surface area contributed by atoms with Crippen LogP contribution in [0.3, 0.4) is 0 Å². The van der Waals surface area contributed by atoms with Crippen LogP contribution in [-0.2, 0) is 13.1 Å². The van der Waals surface area contributed by atoms with E-state index in [1.54, 1.807) is 18.2 Å². The van der Waals surface area contributed by atoms with Gasteiger partial charge in [0, 0.05) is 5.02 Å². The van der Waals surface area contributed by atoms with Gasteiger partial charge in [-0.3, -0.25) is 5.73 Å². The molecule has 29 heavy (non-hydrogen) atoms. The zero-order valence-electron chi connectivity index (χ0n) is 15.4. The van der Waals surface area contributed by atoms with Gasteiger partial charge in [0.2, 0.25) is 0 Å². The highest BCUT2D eigenvalue weighted by Crippen LogP contribution is 2.28. The number of halogens is 3. The fourth-order valence-electron chi connectivity index (χ4n) is 3.44. The van der Waals surface area contributed by atoms with Crippen LogP contribution in [-0.4, -0.2) is 9.67 Å². The fraction of sp³-hybridized carbons (Fsp3) is 0.136. The molecule has 0 amide bonds. The van der Waals surface area contributed by atoms with E-state index < -0.39 is 6.10 Å². The Labute approximate surface area is 183 Å². The fourth-order valence-corrected chi connectivity index (χ4v) is 3.87. The maximum absolute atomic E-state index is 10.8. The summed E-state index contributed by atoms with van der Waals surface area (Å²) in [7, 11) is 0. The van der Waals surface area contributed by atoms with Crippen LogP contribution >= 0.6 is 34.8 Å². The minimum absolute atomic E-state index is 0.290. The number of hydrogen-bond acceptors (Lipinski definition) is 2. The Balaban J connectivity index is 1.71. The molecule has 4 rings (SSSR count). The molecule has 0 fully saturated rings. The van der Waals surface area contributed by atoms with E-state index in [1.807, 2.05) is 57.7 Å². The Kier molecular flexibility index (Phi) is 5.70. The van der Waals surface area contributed by atoms with E-state index >= 15 is 0 Å². The van der Waals surface area contributed by atoms with Crippen molar-refractivity contribution in [3.63, 3.8) is 0 Å². The zero-order chi connectivity index (χ0) is 20.5. The second kappa shape index (κ2) is 8.25. The standard InChI is InChI=1S/C22H18Cl3N3O/c23-16-8-5-14(6-9-16)12-27-19-3-1-2-4-20(19)28(22(27)26)13-21(29)15-7-10-17(24)18(25)11-15/h1-11,21,26,29H,12-13H2/p+1. The van der Waals surface area contributed by atoms with E-state index in [-0.39, 0.29) is 6.54 Å². The SMILES string of the molecule is Nc1n(CC(O)c2ccc(Cl)c(Cl)c2)c2ccccc2[n+]1Cc1ccc(Cl)cc1. The number of para-hydroxylation sites is 2. The molecule has 0 aliphatic rings. The number of nitrogen functional groups attached to an aromatic ring is 1. The van der Waals surface area contributed by atoms with Crippen molar-refractivity contribution in [1.82, 2.24) is 4.57 Å². The summed E-state index contributed by atoms with van der Waals surface area (Å²) >= 11 is 18.1. The zero-order valence-corrected chi connectivity index (χ0v) is 17.7. The van der Waals surface area contributed by atoms with Gasteiger partial charge in [0.25, 0.3) is 0 Å². The Morgan fingerprint density at radius 1 is 0.931 bits per heavy atom. The van der Waals surface area contributed by atoms with Crippen LogP contribution < -0.4 is 10.3 Å². The summed E-state index contributed by atoms with van der Waals surface area (Å²) in [5.41, 5.74) is 10.2. The molecule has 0 saturated carbocycles. The van der Waals surface area contributed by atoms with Crippen molar-refractivity contribution < 1.29 is 9.67 Å². The number of imidazole rings is 1. The molecule has 0 aliphatic carbocycles. The number of nitrogens with two attached hydrogens (primary N) is 1. The van der Waals surface area contributed by atoms with Gasteiger partial charge in [0.1, 0.15) is 23.7 Å². The molecule has 0 radical (unpaired) electrons. The summed E-state index contributed by atoms with van der Waals surface area (Å²) in [6, 6.07) is 20.7. The quantitative estimate of drug-likeness (QED) is 0.410. The molecular weight excluding hydrogens is 429 g/mol. The molecule has 1 aromatic heterocycles. The normalized spacial score (nSPS) is 12.4. The number of aliphatic hydroxyl groups is 1. The van der Waals surface area contributed by atoms with E-state index in [0.717, 1.165) is 16.6 Å². The van der Waals surface area contributed by atoms with E-state index in [9.17, 15) is 5.11 Å². The third-order valence-electron chi connectivity index (χ3n) is 4.95. The van der Waals surface area contributed by atoms with Crippen LogP contribution in [0, 0.1) is 0 Å². The molecule has 1 unspecified atom stereocenters. The van der Waals surface area contributed by atoms with Crippen LogP contribution in [0.5, 0.6) is 0 Å². The Morgan fingerprint density at radius 3 is 2.38 bits per heavy atom. The van der Waals surface area contributed by atoms with Gasteiger partial charge in [-0.25, -0.2) is 9.13 Å². The minimum Gasteiger partial charge on any atom is -0.385 e. The molecule has 0 saturated heterocycles. The largest absolute Gasteiger partial charge is 0.385 e. The first-order valence-corrected chi connectivity index (χ1v) is 10.2. The predicted octanol–water partition coefficient (Wildman–Crippen LogP) is 5.25. The van der Waals surface area contributed by atoms with Crippen LogP contribution in [0.2, 0.25) is 15.1 Å². The van der Waals surface area contributed by atoms with Crippen molar-refractivity contribution in [2.75, 3.05) is 5.73 Å². The summed E-state index contributed by atoms with van der Waals surface area (Å²) in [4.78, 5) is 0. The Bertz CT molecular complexity index is 1170. The number of benzene rings is 3. The number of anilines is 1. The number of hydrogen-bond donors (Lipinski definition) is 2. The van der Waals surface area contributed by atoms with Gasteiger partial charge in [0.05, 0.1) is 16.6 Å². The summed E-state index contributed by atoms with van der Waals surface area (Å²) in [5, 5.41) is 12.4. The van der Waals surface area contributed by atoms with Crippen LogP contribution in [0.1, 0.15) is 17.2 Å². The molecule has 148 valence electrons. The monoisotopic (exact) mass is 446 g/mol. The number of aliphatic hydroxyl groups excluding tert-OH is 1. The molecule has 0 bridgehead atoms. The lowest BCUT2D eigenvalue weighted by atomic mass is 10.1. The van der Waals surface area contributed by atoms with Crippen molar-refractivity contribution in [1.29, 1.82) is 0 Å². The predicted molar refractivity (Wildman–Crippen MR) is 119 cm³/mol. The van der Waals surface area contributed by atoms with Crippen molar-refractivity contribution in [2.24, 2.45) is 0 Å². The van der Waals surface area contributed by atoms with Crippen LogP contribution in [0.15, 0.2) is 66.7 Å². The molecule has 0 aliphatic heterocycles. The topological polar surface area (TPSA) is 55.1 Å². The van der Waals surface area contributed by atoms with Gasteiger partial charge in [-0.2, -0.15) is 0 Å². The van der Waals surface area contributed by atoms with Gasteiger partial charge in [-0.1, -0.05) is 65.1 Å². The molecule has 1 heterocycles. The van der Waals surface area contributed by atoms with E-state index in [2.05, 4.69) is 0 Å². The molecule has 0 spiro atoms. The van der Waals surface area contributed by atoms with Gasteiger partial charge in [-0.05, 0) is 47.5 Å². The third-order valence-corrected chi connectivity index (χ3v) is 5.95. The van der Waals surface area contributed by atoms with Crippen LogP contribution in [0.4, 0.5) is 5.95 Å². The van der Waals surface area contributed by atoms with E-state index in [0.29, 0.717) is 33.1 Å². The summed E-state index contributed by atoms with van der Waals surface area (Å²) in [6.45, 7) is 0.886. The second-order valence-corrected chi connectivity index (χ2v) is 8.11. The number of nitrogens with zero attached hydrogens (tertiary/aromatic N) is 2. The summed E-state index contributed by atoms with van der Waals surface area (Å²) in [6.07, 6.45) is -0.785. The molecule has 4 aromatic rings. The second-order valence-electron chi connectivity index (χ2n) is 6.86. The first-order chi connectivity index (χ1) is 13.9. The summed E-state index contributed by atoms with van der Waals surface area (Å²) < 4.78 is 3.94. The number of fused-ring (bicyclic) bond motifs is 1. The maximum Gasteiger partial charge on any atom is 0.356 e. The average Bonchev–Trinajstić information content (AvgIpc) is 2.97. The van der Waals surface area contributed by atoms with Crippen molar-refractivity contribution >= 4 is 51.8 Å². The average molecular weight is 448 g/mol. The maximum atomic E-state index is 10.8. The molecule has 1 atom stereocenters. The van der Waals surface area contributed by atoms with Gasteiger partial charge >= 0.3 is 5.95 Å². The van der Waals surface area contributed by atoms with Gasteiger partial charge in [-0.15, -0.1) is 0 Å². The van der Waals surface area contributed by atoms with Crippen LogP contribution in [0.25, 0.3) is 11.0 Å². The molecule has 4 nitrogen and oxygen atoms in total. The Morgan fingerprint density at radius 2 is 1.66 bits per heavy atom. The molecule has 7 heteroatoms. The van der Waals surface area contributed by atoms with E-state index in [1.165, 1.54) is 0 Å². The lowest BCUT2D eigenvalue weighted by Gasteiger charge is -2.11. The lowest BCUT2D eigenvalue weighted by molar-refractivity contribution is -0.648. The smallest absolute Gasteiger partial charge is 0.356 e. The minimum atomic E-state index is -0.785. The van der Waals surface area contributed by atoms with E-state index in [4.69, 9.17) is 40.5 Å². The molecular formula is C22H19Cl3N3O+. The highest BCUT2D eigenvalue weighted by molar-refractivity contribution is 6.42. The summed E-state index contributed by atoms with van der Waals surface area (Å²) in [5.74, 6) is 0.556. The first kappa shape index (κ1) is 20.0. The molecule has 3 aromatic carbocycles. The Hall–Kier alpha value is -2.24. The highest BCUT2D eigenvalue weighted by atomic mass is 35.5. The number of rotatable bonds is 5. The molecule has 3 N–H and O–H groups in total. The highest BCUT2D eigenvalue weighted by Gasteiger charge is 2.23. The van der Waals surface area contributed by atoms with Crippen molar-refractivity contribution in [3.8, 4) is 0 Å². The van der Waals surface area contributed by atoms with Gasteiger partial charge < -0.3 is 5.11 Å². The van der Waals surface area contributed by atoms with Crippen molar-refractivity contribution in [2.45, 2.75) is 19.2 Å². The van der Waals surface area contributed by atoms with Crippen molar-refractivity contribution in [3.05, 3.63) is 92.9 Å². The van der Waals surface area contributed by atoms with Gasteiger partial charge in [0.15, 0.2) is 0 Å². The lowest BCUT2D eigenvalue weighted by Crippen LogP contribution is -2.37. The third kappa shape index (κ3) is 4.07.